The van der Waals surface area contributed by atoms with Crippen LogP contribution in [0.5, 0.6) is 0 Å². The molecule has 2 unspecified atom stereocenters. The Balaban J connectivity index is 1.85. The van der Waals surface area contributed by atoms with Crippen molar-refractivity contribution in [3.63, 3.8) is 0 Å². The number of nitrogens with zero attached hydrogens (tertiary/aromatic N) is 1. The summed E-state index contributed by atoms with van der Waals surface area (Å²) in [7, 11) is 0. The molecule has 0 aliphatic heterocycles. The van der Waals surface area contributed by atoms with E-state index in [2.05, 4.69) is 46.2 Å². The van der Waals surface area contributed by atoms with E-state index in [-0.39, 0.29) is 6.04 Å². The molecule has 1 aliphatic carbocycles. The van der Waals surface area contributed by atoms with Crippen LogP contribution in [0, 0.1) is 0 Å². The Morgan fingerprint density at radius 2 is 2.20 bits per heavy atom. The van der Waals surface area contributed by atoms with Gasteiger partial charge in [0.2, 0.25) is 0 Å². The first-order valence-corrected chi connectivity index (χ1v) is 9.17. The number of thiophene rings is 2. The van der Waals surface area contributed by atoms with Gasteiger partial charge in [-0.25, -0.2) is 0 Å². The molecule has 2 atom stereocenters. The lowest BCUT2D eigenvalue weighted by Crippen LogP contribution is -2.41. The predicted octanol–water partition coefficient (Wildman–Crippen LogP) is 4.25. The predicted molar refractivity (Wildman–Crippen MR) is 88.2 cm³/mol. The summed E-state index contributed by atoms with van der Waals surface area (Å²) in [6.45, 7) is 3.23. The van der Waals surface area contributed by atoms with E-state index in [1.54, 1.807) is 11.3 Å². The van der Waals surface area contributed by atoms with Crippen molar-refractivity contribution in [2.24, 2.45) is 5.73 Å². The van der Waals surface area contributed by atoms with Crippen molar-refractivity contribution in [3.05, 3.63) is 44.8 Å². The fraction of sp³-hybridized carbons (Fsp3) is 0.500. The highest BCUT2D eigenvalue weighted by Crippen LogP contribution is 2.39. The van der Waals surface area contributed by atoms with Gasteiger partial charge in [0.25, 0.3) is 0 Å². The summed E-state index contributed by atoms with van der Waals surface area (Å²) >= 11 is 3.62. The Morgan fingerprint density at radius 3 is 2.75 bits per heavy atom. The number of hydrogen-bond donors (Lipinski definition) is 1. The molecule has 1 aliphatic rings. The van der Waals surface area contributed by atoms with E-state index >= 15 is 0 Å². The smallest absolute Gasteiger partial charge is 0.0598 e. The van der Waals surface area contributed by atoms with Crippen LogP contribution in [0.25, 0.3) is 0 Å². The van der Waals surface area contributed by atoms with Crippen LogP contribution >= 0.6 is 22.7 Å². The lowest BCUT2D eigenvalue weighted by molar-refractivity contribution is 0.153. The van der Waals surface area contributed by atoms with Crippen LogP contribution in [0.3, 0.4) is 0 Å². The fourth-order valence-electron chi connectivity index (χ4n) is 2.76. The Labute approximate surface area is 129 Å². The molecule has 108 valence electrons. The summed E-state index contributed by atoms with van der Waals surface area (Å²) in [4.78, 5) is 4.06. The topological polar surface area (TPSA) is 29.3 Å². The molecule has 0 bridgehead atoms. The molecule has 2 nitrogen and oxygen atoms in total. The third kappa shape index (κ3) is 3.14. The Morgan fingerprint density at radius 1 is 1.35 bits per heavy atom. The summed E-state index contributed by atoms with van der Waals surface area (Å²) in [6, 6.07) is 7.93. The summed E-state index contributed by atoms with van der Waals surface area (Å²) in [5, 5.41) is 6.60. The summed E-state index contributed by atoms with van der Waals surface area (Å²) in [5.74, 6) is 0. The van der Waals surface area contributed by atoms with Gasteiger partial charge in [-0.05, 0) is 53.1 Å². The molecule has 2 heterocycles. The first-order chi connectivity index (χ1) is 9.79. The molecule has 0 spiro atoms. The van der Waals surface area contributed by atoms with E-state index in [1.165, 1.54) is 23.3 Å². The van der Waals surface area contributed by atoms with E-state index < -0.39 is 0 Å². The monoisotopic (exact) mass is 306 g/mol. The zero-order valence-corrected chi connectivity index (χ0v) is 13.5. The molecule has 1 saturated carbocycles. The van der Waals surface area contributed by atoms with E-state index in [4.69, 9.17) is 5.73 Å². The largest absolute Gasteiger partial charge is 0.326 e. The molecule has 0 amide bonds. The second-order valence-electron chi connectivity index (χ2n) is 5.57. The van der Waals surface area contributed by atoms with Gasteiger partial charge < -0.3 is 5.73 Å². The van der Waals surface area contributed by atoms with E-state index in [9.17, 15) is 0 Å². The highest BCUT2D eigenvalue weighted by molar-refractivity contribution is 7.10. The van der Waals surface area contributed by atoms with Gasteiger partial charge in [0.1, 0.15) is 0 Å². The third-order valence-electron chi connectivity index (χ3n) is 4.03. The number of hydrogen-bond acceptors (Lipinski definition) is 4. The number of nitrogens with two attached hydrogens (primary N) is 1. The van der Waals surface area contributed by atoms with Gasteiger partial charge in [-0.3, -0.25) is 4.90 Å². The van der Waals surface area contributed by atoms with Crippen molar-refractivity contribution in [3.8, 4) is 0 Å². The average molecular weight is 307 g/mol. The number of rotatable bonds is 7. The minimum atomic E-state index is 0.216. The Kier molecular flexibility index (Phi) is 4.56. The second kappa shape index (κ2) is 6.39. The van der Waals surface area contributed by atoms with Crippen LogP contribution in [0.15, 0.2) is 34.3 Å². The Bertz CT molecular complexity index is 503. The third-order valence-corrected chi connectivity index (χ3v) is 5.71. The van der Waals surface area contributed by atoms with Crippen molar-refractivity contribution in [2.75, 3.05) is 0 Å². The second-order valence-corrected chi connectivity index (χ2v) is 7.33. The maximum absolute atomic E-state index is 6.47. The summed E-state index contributed by atoms with van der Waals surface area (Å²) in [5.41, 5.74) is 7.89. The van der Waals surface area contributed by atoms with Crippen molar-refractivity contribution < 1.29 is 0 Å². The lowest BCUT2D eigenvalue weighted by Gasteiger charge is -2.35. The normalized spacial score (nSPS) is 18.4. The zero-order valence-electron chi connectivity index (χ0n) is 11.9. The van der Waals surface area contributed by atoms with E-state index in [0.717, 1.165) is 19.0 Å². The van der Waals surface area contributed by atoms with Crippen LogP contribution in [-0.4, -0.2) is 17.0 Å². The van der Waals surface area contributed by atoms with Crippen LogP contribution in [-0.2, 0) is 6.54 Å². The van der Waals surface area contributed by atoms with Crippen LogP contribution in [0.2, 0.25) is 0 Å². The van der Waals surface area contributed by atoms with Crippen molar-refractivity contribution in [1.29, 1.82) is 0 Å². The molecule has 0 aromatic carbocycles. The first kappa shape index (κ1) is 14.3. The van der Waals surface area contributed by atoms with Crippen LogP contribution < -0.4 is 5.73 Å². The van der Waals surface area contributed by atoms with Crippen molar-refractivity contribution in [1.82, 2.24) is 4.90 Å². The highest BCUT2D eigenvalue weighted by Gasteiger charge is 2.37. The molecule has 0 radical (unpaired) electrons. The maximum atomic E-state index is 6.47. The summed E-state index contributed by atoms with van der Waals surface area (Å²) < 4.78 is 0. The summed E-state index contributed by atoms with van der Waals surface area (Å²) in [6.07, 6.45) is 3.67. The van der Waals surface area contributed by atoms with Gasteiger partial charge in [0.15, 0.2) is 0 Å². The standard InChI is InChI=1S/C16H22N2S2/c1-2-14(17)16(15-4-3-8-20-15)18(13-5-6-13)10-12-7-9-19-11-12/h3-4,7-9,11,13-14,16H,2,5-6,10,17H2,1H3. The minimum absolute atomic E-state index is 0.216. The van der Waals surface area contributed by atoms with Crippen molar-refractivity contribution in [2.45, 2.75) is 50.9 Å². The zero-order chi connectivity index (χ0) is 13.9. The minimum Gasteiger partial charge on any atom is -0.326 e. The lowest BCUT2D eigenvalue weighted by atomic mass is 10.0. The van der Waals surface area contributed by atoms with Gasteiger partial charge in [-0.2, -0.15) is 11.3 Å². The Hall–Kier alpha value is -0.680. The molecule has 1 fully saturated rings. The molecule has 2 N–H and O–H groups in total. The molecule has 0 saturated heterocycles. The van der Waals surface area contributed by atoms with Crippen molar-refractivity contribution >= 4 is 22.7 Å². The maximum Gasteiger partial charge on any atom is 0.0598 e. The molecule has 2 aromatic heterocycles. The van der Waals surface area contributed by atoms with Crippen LogP contribution in [0.1, 0.15) is 42.7 Å². The fourth-order valence-corrected chi connectivity index (χ4v) is 4.34. The molecule has 3 rings (SSSR count). The quantitative estimate of drug-likeness (QED) is 0.828. The molecule has 2 aromatic rings. The van der Waals surface area contributed by atoms with Gasteiger partial charge >= 0.3 is 0 Å². The SMILES string of the molecule is CCC(N)C(c1cccs1)N(Cc1ccsc1)C1CC1. The van der Waals surface area contributed by atoms with E-state index in [0.29, 0.717) is 6.04 Å². The average Bonchev–Trinajstić information content (AvgIpc) is 2.94. The molecular formula is C16H22N2S2. The molecular weight excluding hydrogens is 284 g/mol. The van der Waals surface area contributed by atoms with Gasteiger partial charge in [-0.15, -0.1) is 11.3 Å². The van der Waals surface area contributed by atoms with Gasteiger partial charge in [0, 0.05) is 23.5 Å². The first-order valence-electron chi connectivity index (χ1n) is 7.35. The molecule has 4 heteroatoms. The highest BCUT2D eigenvalue weighted by atomic mass is 32.1. The van der Waals surface area contributed by atoms with Gasteiger partial charge in [-0.1, -0.05) is 13.0 Å². The van der Waals surface area contributed by atoms with E-state index in [1.807, 2.05) is 11.3 Å². The molecule has 20 heavy (non-hydrogen) atoms. The van der Waals surface area contributed by atoms with Crippen LogP contribution in [0.4, 0.5) is 0 Å². The van der Waals surface area contributed by atoms with Gasteiger partial charge in [0.05, 0.1) is 6.04 Å².